The van der Waals surface area contributed by atoms with Crippen molar-refractivity contribution in [3.63, 3.8) is 0 Å². The number of carbonyl (C=O) groups is 1. The van der Waals surface area contributed by atoms with Crippen LogP contribution >= 0.6 is 31.9 Å². The summed E-state index contributed by atoms with van der Waals surface area (Å²) in [5.41, 5.74) is -0.453. The van der Waals surface area contributed by atoms with Gasteiger partial charge >= 0.3 is 5.97 Å². The molecule has 6 nitrogen and oxygen atoms in total. The van der Waals surface area contributed by atoms with Gasteiger partial charge in [0.25, 0.3) is 0 Å². The number of aliphatic carboxylic acids is 1. The third-order valence-corrected chi connectivity index (χ3v) is 4.12. The molecule has 0 amide bonds. The zero-order valence-electron chi connectivity index (χ0n) is 10.8. The Morgan fingerprint density at radius 2 is 1.95 bits per heavy atom. The molecule has 0 aliphatic heterocycles. The van der Waals surface area contributed by atoms with Gasteiger partial charge in [-0.05, 0) is 42.0 Å². The van der Waals surface area contributed by atoms with Gasteiger partial charge < -0.3 is 5.11 Å². The molecule has 2 rings (SSSR count). The number of tetrazole rings is 1. The van der Waals surface area contributed by atoms with Crippen molar-refractivity contribution in [2.24, 2.45) is 0 Å². The van der Waals surface area contributed by atoms with Crippen LogP contribution in [0.5, 0.6) is 0 Å². The average Bonchev–Trinajstić information content (AvgIpc) is 2.86. The molecule has 0 radical (unpaired) electrons. The van der Waals surface area contributed by atoms with Gasteiger partial charge in [-0.1, -0.05) is 38.8 Å². The van der Waals surface area contributed by atoms with E-state index in [0.29, 0.717) is 12.2 Å². The molecule has 0 saturated heterocycles. The quantitative estimate of drug-likeness (QED) is 0.848. The maximum atomic E-state index is 11.5. The van der Waals surface area contributed by atoms with Crippen LogP contribution in [0.25, 0.3) is 11.4 Å². The van der Waals surface area contributed by atoms with Crippen LogP contribution in [0, 0.1) is 0 Å². The van der Waals surface area contributed by atoms with Crippen molar-refractivity contribution in [1.82, 2.24) is 20.2 Å². The molecule has 0 fully saturated rings. The predicted molar refractivity (Wildman–Crippen MR) is 80.2 cm³/mol. The van der Waals surface area contributed by atoms with E-state index in [2.05, 4.69) is 47.4 Å². The third kappa shape index (κ3) is 2.62. The number of rotatable bonds is 4. The van der Waals surface area contributed by atoms with E-state index in [-0.39, 0.29) is 0 Å². The fourth-order valence-corrected chi connectivity index (χ4v) is 3.07. The van der Waals surface area contributed by atoms with Gasteiger partial charge in [-0.3, -0.25) is 0 Å². The van der Waals surface area contributed by atoms with Gasteiger partial charge in [-0.2, -0.15) is 0 Å². The highest BCUT2D eigenvalue weighted by Gasteiger charge is 2.37. The molecule has 0 saturated carbocycles. The highest BCUT2D eigenvalue weighted by Crippen LogP contribution is 2.30. The number of benzene rings is 1. The minimum Gasteiger partial charge on any atom is -0.479 e. The van der Waals surface area contributed by atoms with Gasteiger partial charge in [0.1, 0.15) is 0 Å². The molecule has 0 aliphatic rings. The van der Waals surface area contributed by atoms with Crippen LogP contribution in [-0.2, 0) is 10.3 Å². The maximum Gasteiger partial charge on any atom is 0.331 e. The number of hydrogen-bond acceptors (Lipinski definition) is 4. The normalized spacial score (nSPS) is 14.0. The van der Waals surface area contributed by atoms with Crippen LogP contribution in [0.15, 0.2) is 27.1 Å². The lowest BCUT2D eigenvalue weighted by Crippen LogP contribution is -2.39. The minimum absolute atomic E-state index is 0.371. The Balaban J connectivity index is 2.61. The van der Waals surface area contributed by atoms with E-state index in [0.717, 1.165) is 14.5 Å². The molecule has 20 heavy (non-hydrogen) atoms. The molecule has 1 heterocycles. The Morgan fingerprint density at radius 3 is 2.45 bits per heavy atom. The van der Waals surface area contributed by atoms with E-state index < -0.39 is 11.5 Å². The number of carboxylic acids is 1. The molecule has 1 aromatic carbocycles. The van der Waals surface area contributed by atoms with Crippen LogP contribution in [0.2, 0.25) is 0 Å². The fraction of sp³-hybridized carbons (Fsp3) is 0.333. The first-order chi connectivity index (χ1) is 9.38. The van der Waals surface area contributed by atoms with Crippen LogP contribution in [0.3, 0.4) is 0 Å². The van der Waals surface area contributed by atoms with E-state index in [1.807, 2.05) is 18.2 Å². The second-order valence-corrected chi connectivity index (χ2v) is 6.34. The smallest absolute Gasteiger partial charge is 0.331 e. The van der Waals surface area contributed by atoms with Crippen molar-refractivity contribution in [2.45, 2.75) is 25.8 Å². The molecule has 0 bridgehead atoms. The maximum absolute atomic E-state index is 11.5. The van der Waals surface area contributed by atoms with Gasteiger partial charge in [0, 0.05) is 14.5 Å². The minimum atomic E-state index is -1.19. The number of nitrogens with zero attached hydrogens (tertiary/aromatic N) is 4. The highest BCUT2D eigenvalue weighted by atomic mass is 79.9. The monoisotopic (exact) mass is 402 g/mol. The van der Waals surface area contributed by atoms with Crippen molar-refractivity contribution in [1.29, 1.82) is 0 Å². The van der Waals surface area contributed by atoms with Gasteiger partial charge in [-0.15, -0.1) is 5.10 Å². The lowest BCUT2D eigenvalue weighted by molar-refractivity contribution is -0.147. The standard InChI is InChI=1S/C12H12Br2N4O2/c1-3-12(2,11(19)20)18-10(15-16-17-18)7-4-8(13)6-9(14)5-7/h4-6H,3H2,1-2H3,(H,19,20). The molecular formula is C12H12Br2N4O2. The van der Waals surface area contributed by atoms with E-state index >= 15 is 0 Å². The Hall–Kier alpha value is -1.28. The number of carboxylic acid groups (broad SMARTS) is 1. The summed E-state index contributed by atoms with van der Waals surface area (Å²) in [6.45, 7) is 3.39. The van der Waals surface area contributed by atoms with Crippen molar-refractivity contribution in [3.8, 4) is 11.4 Å². The largest absolute Gasteiger partial charge is 0.479 e. The molecule has 1 atom stereocenters. The van der Waals surface area contributed by atoms with E-state index in [9.17, 15) is 9.90 Å². The Bertz CT molecular complexity index is 638. The summed E-state index contributed by atoms with van der Waals surface area (Å²) >= 11 is 6.79. The van der Waals surface area contributed by atoms with Crippen LogP contribution in [0.4, 0.5) is 0 Å². The summed E-state index contributed by atoms with van der Waals surface area (Å²) in [4.78, 5) is 11.5. The average molecular weight is 404 g/mol. The van der Waals surface area contributed by atoms with E-state index in [1.54, 1.807) is 13.8 Å². The number of halogens is 2. The second kappa shape index (κ2) is 5.61. The molecular weight excluding hydrogens is 392 g/mol. The zero-order valence-corrected chi connectivity index (χ0v) is 14.0. The predicted octanol–water partition coefficient (Wildman–Crippen LogP) is 3.07. The first-order valence-electron chi connectivity index (χ1n) is 5.87. The summed E-state index contributed by atoms with van der Waals surface area (Å²) in [5, 5.41) is 20.9. The molecule has 0 aliphatic carbocycles. The zero-order chi connectivity index (χ0) is 14.9. The number of aromatic nitrogens is 4. The first kappa shape index (κ1) is 15.1. The van der Waals surface area contributed by atoms with Crippen LogP contribution < -0.4 is 0 Å². The Morgan fingerprint density at radius 1 is 1.35 bits per heavy atom. The third-order valence-electron chi connectivity index (χ3n) is 3.21. The lowest BCUT2D eigenvalue weighted by atomic mass is 9.99. The Kier molecular flexibility index (Phi) is 4.24. The van der Waals surface area contributed by atoms with E-state index in [1.165, 1.54) is 4.68 Å². The second-order valence-electron chi connectivity index (χ2n) is 4.50. The SMILES string of the molecule is CCC(C)(C(=O)O)n1nnnc1-c1cc(Br)cc(Br)c1. The highest BCUT2D eigenvalue weighted by molar-refractivity contribution is 9.11. The van der Waals surface area contributed by atoms with Crippen molar-refractivity contribution < 1.29 is 9.90 Å². The summed E-state index contributed by atoms with van der Waals surface area (Å²) in [6.07, 6.45) is 0.371. The van der Waals surface area contributed by atoms with Crippen molar-refractivity contribution >= 4 is 37.8 Å². The molecule has 0 spiro atoms. The molecule has 1 N–H and O–H groups in total. The van der Waals surface area contributed by atoms with Gasteiger partial charge in [0.15, 0.2) is 11.4 Å². The van der Waals surface area contributed by atoms with Crippen molar-refractivity contribution in [3.05, 3.63) is 27.1 Å². The van der Waals surface area contributed by atoms with Crippen LogP contribution in [0.1, 0.15) is 20.3 Å². The molecule has 106 valence electrons. The first-order valence-corrected chi connectivity index (χ1v) is 7.46. The summed E-state index contributed by atoms with van der Waals surface area (Å²) in [5.74, 6) is -0.554. The van der Waals surface area contributed by atoms with Gasteiger partial charge in [-0.25, -0.2) is 9.48 Å². The van der Waals surface area contributed by atoms with Crippen molar-refractivity contribution in [2.75, 3.05) is 0 Å². The van der Waals surface area contributed by atoms with Gasteiger partial charge in [0.2, 0.25) is 0 Å². The summed E-state index contributed by atoms with van der Waals surface area (Å²) in [7, 11) is 0. The Labute approximate surface area is 132 Å². The lowest BCUT2D eigenvalue weighted by Gasteiger charge is -2.24. The van der Waals surface area contributed by atoms with E-state index in [4.69, 9.17) is 0 Å². The van der Waals surface area contributed by atoms with Crippen LogP contribution in [-0.4, -0.2) is 31.3 Å². The molecule has 1 aromatic heterocycles. The molecule has 1 unspecified atom stereocenters. The fourth-order valence-electron chi connectivity index (χ4n) is 1.77. The topological polar surface area (TPSA) is 80.9 Å². The molecule has 8 heteroatoms. The summed E-state index contributed by atoms with van der Waals surface area (Å²) in [6, 6.07) is 5.56. The molecule has 2 aromatic rings. The van der Waals surface area contributed by atoms with Gasteiger partial charge in [0.05, 0.1) is 0 Å². The number of hydrogen-bond donors (Lipinski definition) is 1. The summed E-state index contributed by atoms with van der Waals surface area (Å²) < 4.78 is 3.05.